The maximum atomic E-state index is 12.5. The molecule has 6 heteroatoms. The number of aryl methyl sites for hydroxylation is 1. The Morgan fingerprint density at radius 3 is 2.52 bits per heavy atom. The Morgan fingerprint density at radius 2 is 1.88 bits per heavy atom. The van der Waals surface area contributed by atoms with Gasteiger partial charge in [0.1, 0.15) is 0 Å². The van der Waals surface area contributed by atoms with Crippen LogP contribution in [-0.2, 0) is 4.79 Å². The number of rotatable bonds is 3. The standard InChI is InChI=1S/C19H28N4O2/c1-15-6-7-17(13-20-15)19(25)22-11-9-21(10-12-22)14-18(24)23-8-4-3-5-16(23)2/h6-7,13,16H,3-5,8-12,14H2,1-2H3. The molecule has 6 nitrogen and oxygen atoms in total. The van der Waals surface area contributed by atoms with Gasteiger partial charge >= 0.3 is 0 Å². The van der Waals surface area contributed by atoms with Gasteiger partial charge < -0.3 is 9.80 Å². The lowest BCUT2D eigenvalue weighted by Crippen LogP contribution is -2.53. The number of pyridine rings is 1. The van der Waals surface area contributed by atoms with Crippen molar-refractivity contribution in [2.45, 2.75) is 39.2 Å². The van der Waals surface area contributed by atoms with Crippen molar-refractivity contribution in [3.8, 4) is 0 Å². The van der Waals surface area contributed by atoms with Crippen molar-refractivity contribution < 1.29 is 9.59 Å². The van der Waals surface area contributed by atoms with Gasteiger partial charge in [0.05, 0.1) is 12.1 Å². The Bertz CT molecular complexity index is 608. The van der Waals surface area contributed by atoms with Gasteiger partial charge in [-0.2, -0.15) is 0 Å². The van der Waals surface area contributed by atoms with Crippen LogP contribution in [0.3, 0.4) is 0 Å². The molecule has 0 bridgehead atoms. The van der Waals surface area contributed by atoms with Gasteiger partial charge in [0, 0.05) is 50.7 Å². The number of likely N-dealkylation sites (tertiary alicyclic amines) is 1. The molecule has 0 aliphatic carbocycles. The number of piperazine rings is 1. The van der Waals surface area contributed by atoms with E-state index >= 15 is 0 Å². The van der Waals surface area contributed by atoms with Gasteiger partial charge in [0.15, 0.2) is 0 Å². The normalized spacial score (nSPS) is 22.1. The van der Waals surface area contributed by atoms with E-state index in [1.54, 1.807) is 6.20 Å². The highest BCUT2D eigenvalue weighted by Crippen LogP contribution is 2.17. The third-order valence-corrected chi connectivity index (χ3v) is 5.30. The smallest absolute Gasteiger partial charge is 0.255 e. The molecule has 0 N–H and O–H groups in total. The molecule has 0 aromatic carbocycles. The van der Waals surface area contributed by atoms with E-state index in [-0.39, 0.29) is 11.8 Å². The van der Waals surface area contributed by atoms with Crippen molar-refractivity contribution in [2.24, 2.45) is 0 Å². The fourth-order valence-electron chi connectivity index (χ4n) is 3.64. The van der Waals surface area contributed by atoms with Gasteiger partial charge in [-0.15, -0.1) is 0 Å². The van der Waals surface area contributed by atoms with E-state index in [0.29, 0.717) is 31.2 Å². The molecule has 1 aromatic rings. The first kappa shape index (κ1) is 17.9. The number of nitrogens with zero attached hydrogens (tertiary/aromatic N) is 4. The van der Waals surface area contributed by atoms with Crippen LogP contribution in [0.2, 0.25) is 0 Å². The molecule has 25 heavy (non-hydrogen) atoms. The Labute approximate surface area is 149 Å². The van der Waals surface area contributed by atoms with Crippen molar-refractivity contribution in [1.82, 2.24) is 19.7 Å². The van der Waals surface area contributed by atoms with Crippen molar-refractivity contribution in [3.05, 3.63) is 29.6 Å². The minimum atomic E-state index is 0.0307. The molecule has 2 amide bonds. The van der Waals surface area contributed by atoms with Crippen LogP contribution in [0.1, 0.15) is 42.2 Å². The van der Waals surface area contributed by atoms with Crippen LogP contribution in [0.4, 0.5) is 0 Å². The van der Waals surface area contributed by atoms with Gasteiger partial charge in [-0.3, -0.25) is 19.5 Å². The predicted molar refractivity (Wildman–Crippen MR) is 96.3 cm³/mol. The summed E-state index contributed by atoms with van der Waals surface area (Å²) in [7, 11) is 0. The van der Waals surface area contributed by atoms with E-state index in [9.17, 15) is 9.59 Å². The largest absolute Gasteiger partial charge is 0.339 e. The number of carbonyl (C=O) groups is 2. The van der Waals surface area contributed by atoms with Gasteiger partial charge in [-0.25, -0.2) is 0 Å². The van der Waals surface area contributed by atoms with Crippen molar-refractivity contribution in [2.75, 3.05) is 39.3 Å². The van der Waals surface area contributed by atoms with Gasteiger partial charge in [0.2, 0.25) is 5.91 Å². The third kappa shape index (κ3) is 4.37. The molecule has 2 aliphatic heterocycles. The minimum Gasteiger partial charge on any atom is -0.339 e. The second-order valence-corrected chi connectivity index (χ2v) is 7.19. The molecule has 3 heterocycles. The summed E-state index contributed by atoms with van der Waals surface area (Å²) in [6.07, 6.45) is 5.09. The van der Waals surface area contributed by atoms with E-state index < -0.39 is 0 Å². The molecular weight excluding hydrogens is 316 g/mol. The highest BCUT2D eigenvalue weighted by molar-refractivity contribution is 5.94. The van der Waals surface area contributed by atoms with E-state index in [0.717, 1.165) is 38.2 Å². The summed E-state index contributed by atoms with van der Waals surface area (Å²) in [6.45, 7) is 8.23. The first-order chi connectivity index (χ1) is 12.0. The number of hydrogen-bond donors (Lipinski definition) is 0. The first-order valence-electron chi connectivity index (χ1n) is 9.28. The zero-order valence-corrected chi connectivity index (χ0v) is 15.3. The first-order valence-corrected chi connectivity index (χ1v) is 9.28. The second-order valence-electron chi connectivity index (χ2n) is 7.19. The van der Waals surface area contributed by atoms with Gasteiger partial charge in [-0.05, 0) is 45.2 Å². The number of hydrogen-bond acceptors (Lipinski definition) is 4. The van der Waals surface area contributed by atoms with E-state index in [2.05, 4.69) is 16.8 Å². The summed E-state index contributed by atoms with van der Waals surface area (Å²) in [4.78, 5) is 35.3. The fourth-order valence-corrected chi connectivity index (χ4v) is 3.64. The lowest BCUT2D eigenvalue weighted by molar-refractivity contribution is -0.136. The molecule has 0 saturated carbocycles. The number of piperidine rings is 1. The van der Waals surface area contributed by atoms with Crippen molar-refractivity contribution in [1.29, 1.82) is 0 Å². The summed E-state index contributed by atoms with van der Waals surface area (Å²) in [5.74, 6) is 0.262. The average molecular weight is 344 g/mol. The average Bonchev–Trinajstić information content (AvgIpc) is 2.63. The monoisotopic (exact) mass is 344 g/mol. The molecule has 1 unspecified atom stereocenters. The molecule has 136 valence electrons. The summed E-state index contributed by atoms with van der Waals surface area (Å²) < 4.78 is 0. The molecule has 0 spiro atoms. The fraction of sp³-hybridized carbons (Fsp3) is 0.632. The highest BCUT2D eigenvalue weighted by atomic mass is 16.2. The number of amides is 2. The van der Waals surface area contributed by atoms with Crippen LogP contribution in [0.5, 0.6) is 0 Å². The summed E-state index contributed by atoms with van der Waals surface area (Å²) in [6, 6.07) is 4.05. The lowest BCUT2D eigenvalue weighted by Gasteiger charge is -2.38. The Hall–Kier alpha value is -1.95. The second kappa shape index (κ2) is 7.95. The lowest BCUT2D eigenvalue weighted by atomic mass is 10.0. The summed E-state index contributed by atoms with van der Waals surface area (Å²) >= 11 is 0. The van der Waals surface area contributed by atoms with E-state index in [1.165, 1.54) is 6.42 Å². The zero-order valence-electron chi connectivity index (χ0n) is 15.3. The minimum absolute atomic E-state index is 0.0307. The third-order valence-electron chi connectivity index (χ3n) is 5.30. The molecule has 2 fully saturated rings. The molecule has 2 saturated heterocycles. The Kier molecular flexibility index (Phi) is 5.68. The van der Waals surface area contributed by atoms with Crippen molar-refractivity contribution in [3.63, 3.8) is 0 Å². The molecule has 1 atom stereocenters. The van der Waals surface area contributed by atoms with Gasteiger partial charge in [0.25, 0.3) is 5.91 Å². The van der Waals surface area contributed by atoms with Crippen LogP contribution < -0.4 is 0 Å². The zero-order chi connectivity index (χ0) is 17.8. The summed E-state index contributed by atoms with van der Waals surface area (Å²) in [5.41, 5.74) is 1.55. The van der Waals surface area contributed by atoms with Crippen LogP contribution in [0.15, 0.2) is 18.3 Å². The maximum absolute atomic E-state index is 12.5. The van der Waals surface area contributed by atoms with E-state index in [1.807, 2.05) is 28.9 Å². The highest BCUT2D eigenvalue weighted by Gasteiger charge is 2.27. The van der Waals surface area contributed by atoms with Crippen LogP contribution in [-0.4, -0.2) is 76.8 Å². The molecule has 3 rings (SSSR count). The SMILES string of the molecule is Cc1ccc(C(=O)N2CCN(CC(=O)N3CCCCC3C)CC2)cn1. The predicted octanol–water partition coefficient (Wildman–Crippen LogP) is 1.55. The topological polar surface area (TPSA) is 56.8 Å². The van der Waals surface area contributed by atoms with Crippen LogP contribution in [0.25, 0.3) is 0 Å². The van der Waals surface area contributed by atoms with E-state index in [4.69, 9.17) is 0 Å². The Morgan fingerprint density at radius 1 is 1.12 bits per heavy atom. The van der Waals surface area contributed by atoms with Crippen molar-refractivity contribution >= 4 is 11.8 Å². The van der Waals surface area contributed by atoms with Crippen LogP contribution >= 0.6 is 0 Å². The van der Waals surface area contributed by atoms with Gasteiger partial charge in [-0.1, -0.05) is 0 Å². The molecule has 2 aliphatic rings. The molecular formula is C19H28N4O2. The molecule has 0 radical (unpaired) electrons. The number of aromatic nitrogens is 1. The van der Waals surface area contributed by atoms with Crippen LogP contribution in [0, 0.1) is 6.92 Å². The Balaban J connectivity index is 1.49. The molecule has 1 aromatic heterocycles. The maximum Gasteiger partial charge on any atom is 0.255 e. The number of carbonyl (C=O) groups excluding carboxylic acids is 2. The summed E-state index contributed by atoms with van der Waals surface area (Å²) in [5, 5.41) is 0. The quantitative estimate of drug-likeness (QED) is 0.835.